The first-order chi connectivity index (χ1) is 9.49. The van der Waals surface area contributed by atoms with Crippen LogP contribution in [0.5, 0.6) is 0 Å². The number of aliphatic hydroxyl groups is 1. The summed E-state index contributed by atoms with van der Waals surface area (Å²) in [6.07, 6.45) is 1.31. The molecular formula is C17H30N2O. The predicted octanol–water partition coefficient (Wildman–Crippen LogP) is 3.33. The topological polar surface area (TPSA) is 49.5 Å². The summed E-state index contributed by atoms with van der Waals surface area (Å²) in [5.74, 6) is 0.599. The number of rotatable bonds is 8. The van der Waals surface area contributed by atoms with Gasteiger partial charge in [0, 0.05) is 18.8 Å². The van der Waals surface area contributed by atoms with E-state index in [0.29, 0.717) is 5.92 Å². The SMILES string of the molecule is CCN(CC)c1ccc([C@H](N)[C@H](O)CCC(C)C)cc1. The van der Waals surface area contributed by atoms with Gasteiger partial charge in [0.15, 0.2) is 0 Å². The summed E-state index contributed by atoms with van der Waals surface area (Å²) in [7, 11) is 0. The molecule has 1 aromatic rings. The van der Waals surface area contributed by atoms with Crippen molar-refractivity contribution >= 4 is 5.69 Å². The molecule has 1 rings (SSSR count). The largest absolute Gasteiger partial charge is 0.391 e. The van der Waals surface area contributed by atoms with Gasteiger partial charge < -0.3 is 15.7 Å². The number of nitrogens with zero attached hydrogens (tertiary/aromatic N) is 1. The van der Waals surface area contributed by atoms with Crippen LogP contribution in [0.4, 0.5) is 5.69 Å². The molecule has 3 heteroatoms. The highest BCUT2D eigenvalue weighted by molar-refractivity contribution is 5.47. The molecule has 0 aliphatic heterocycles. The van der Waals surface area contributed by atoms with Gasteiger partial charge in [0.2, 0.25) is 0 Å². The number of hydrogen-bond acceptors (Lipinski definition) is 3. The molecule has 0 radical (unpaired) electrons. The van der Waals surface area contributed by atoms with Gasteiger partial charge in [-0.25, -0.2) is 0 Å². The lowest BCUT2D eigenvalue weighted by molar-refractivity contribution is 0.128. The smallest absolute Gasteiger partial charge is 0.0732 e. The Morgan fingerprint density at radius 2 is 1.60 bits per heavy atom. The first-order valence-electron chi connectivity index (χ1n) is 7.78. The summed E-state index contributed by atoms with van der Waals surface area (Å²) in [6, 6.07) is 7.97. The minimum absolute atomic E-state index is 0.292. The van der Waals surface area contributed by atoms with E-state index in [1.54, 1.807) is 0 Å². The summed E-state index contributed by atoms with van der Waals surface area (Å²) in [5, 5.41) is 10.2. The van der Waals surface area contributed by atoms with Gasteiger partial charge in [-0.15, -0.1) is 0 Å². The Hall–Kier alpha value is -1.06. The summed E-state index contributed by atoms with van der Waals surface area (Å²) >= 11 is 0. The monoisotopic (exact) mass is 278 g/mol. The molecule has 114 valence electrons. The third-order valence-corrected chi connectivity index (χ3v) is 3.86. The highest BCUT2D eigenvalue weighted by Gasteiger charge is 2.17. The van der Waals surface area contributed by atoms with Crippen LogP contribution in [-0.4, -0.2) is 24.3 Å². The van der Waals surface area contributed by atoms with Crippen LogP contribution < -0.4 is 10.6 Å². The number of hydrogen-bond donors (Lipinski definition) is 2. The highest BCUT2D eigenvalue weighted by Crippen LogP contribution is 2.22. The fraction of sp³-hybridized carbons (Fsp3) is 0.647. The molecule has 0 saturated carbocycles. The van der Waals surface area contributed by atoms with E-state index in [2.05, 4.69) is 44.7 Å². The molecule has 0 amide bonds. The Morgan fingerprint density at radius 1 is 1.05 bits per heavy atom. The zero-order valence-corrected chi connectivity index (χ0v) is 13.3. The van der Waals surface area contributed by atoms with Crippen molar-refractivity contribution < 1.29 is 5.11 Å². The molecular weight excluding hydrogens is 248 g/mol. The lowest BCUT2D eigenvalue weighted by Gasteiger charge is -2.23. The Labute approximate surface area is 123 Å². The molecule has 2 atom stereocenters. The average Bonchev–Trinajstić information content (AvgIpc) is 2.46. The van der Waals surface area contributed by atoms with Crippen molar-refractivity contribution in [2.75, 3.05) is 18.0 Å². The van der Waals surface area contributed by atoms with Crippen LogP contribution in [0.15, 0.2) is 24.3 Å². The molecule has 0 saturated heterocycles. The van der Waals surface area contributed by atoms with E-state index in [0.717, 1.165) is 31.5 Å². The highest BCUT2D eigenvalue weighted by atomic mass is 16.3. The van der Waals surface area contributed by atoms with Crippen molar-refractivity contribution in [1.82, 2.24) is 0 Å². The second-order valence-corrected chi connectivity index (χ2v) is 5.83. The number of nitrogens with two attached hydrogens (primary N) is 1. The van der Waals surface area contributed by atoms with Crippen LogP contribution in [0.3, 0.4) is 0 Å². The van der Waals surface area contributed by atoms with E-state index < -0.39 is 6.10 Å². The van der Waals surface area contributed by atoms with Gasteiger partial charge in [-0.05, 0) is 50.3 Å². The maximum absolute atomic E-state index is 10.2. The lowest BCUT2D eigenvalue weighted by atomic mass is 9.96. The summed E-state index contributed by atoms with van der Waals surface area (Å²) < 4.78 is 0. The van der Waals surface area contributed by atoms with E-state index in [1.807, 2.05) is 12.1 Å². The van der Waals surface area contributed by atoms with Gasteiger partial charge in [0.05, 0.1) is 12.1 Å². The Kier molecular flexibility index (Phi) is 7.03. The predicted molar refractivity (Wildman–Crippen MR) is 87.0 cm³/mol. The molecule has 3 N–H and O–H groups in total. The number of aliphatic hydroxyl groups excluding tert-OH is 1. The molecule has 1 aromatic carbocycles. The third-order valence-electron chi connectivity index (χ3n) is 3.86. The molecule has 0 bridgehead atoms. The number of benzene rings is 1. The lowest BCUT2D eigenvalue weighted by Crippen LogP contribution is -2.27. The maximum Gasteiger partial charge on any atom is 0.0732 e. The maximum atomic E-state index is 10.2. The fourth-order valence-electron chi connectivity index (χ4n) is 2.40. The van der Waals surface area contributed by atoms with Crippen LogP contribution in [-0.2, 0) is 0 Å². The molecule has 0 unspecified atom stereocenters. The van der Waals surface area contributed by atoms with Crippen LogP contribution in [0.25, 0.3) is 0 Å². The van der Waals surface area contributed by atoms with Crippen LogP contribution in [0.2, 0.25) is 0 Å². The first-order valence-corrected chi connectivity index (χ1v) is 7.78. The van der Waals surface area contributed by atoms with Crippen LogP contribution in [0, 0.1) is 5.92 Å². The fourth-order valence-corrected chi connectivity index (χ4v) is 2.40. The van der Waals surface area contributed by atoms with Gasteiger partial charge in [0.25, 0.3) is 0 Å². The molecule has 20 heavy (non-hydrogen) atoms. The number of anilines is 1. The van der Waals surface area contributed by atoms with Crippen LogP contribution >= 0.6 is 0 Å². The van der Waals surface area contributed by atoms with Crippen molar-refractivity contribution in [2.24, 2.45) is 11.7 Å². The van der Waals surface area contributed by atoms with Crippen LogP contribution in [0.1, 0.15) is 52.1 Å². The van der Waals surface area contributed by atoms with E-state index >= 15 is 0 Å². The zero-order chi connectivity index (χ0) is 15.1. The Balaban J connectivity index is 2.67. The second kappa shape index (κ2) is 8.28. The molecule has 0 aliphatic rings. The summed E-state index contributed by atoms with van der Waals surface area (Å²) in [6.45, 7) is 10.6. The van der Waals surface area contributed by atoms with Crippen molar-refractivity contribution in [1.29, 1.82) is 0 Å². The van der Waals surface area contributed by atoms with E-state index in [1.165, 1.54) is 5.69 Å². The molecule has 0 heterocycles. The third kappa shape index (κ3) is 4.80. The van der Waals surface area contributed by atoms with Gasteiger partial charge >= 0.3 is 0 Å². The molecule has 3 nitrogen and oxygen atoms in total. The summed E-state index contributed by atoms with van der Waals surface area (Å²) in [4.78, 5) is 2.30. The molecule has 0 aliphatic carbocycles. The second-order valence-electron chi connectivity index (χ2n) is 5.83. The van der Waals surface area contributed by atoms with Crippen molar-refractivity contribution in [3.8, 4) is 0 Å². The van der Waals surface area contributed by atoms with E-state index in [4.69, 9.17) is 5.73 Å². The van der Waals surface area contributed by atoms with Gasteiger partial charge in [-0.2, -0.15) is 0 Å². The molecule has 0 fully saturated rings. The zero-order valence-electron chi connectivity index (χ0n) is 13.3. The minimum atomic E-state index is -0.461. The van der Waals surface area contributed by atoms with Crippen molar-refractivity contribution in [2.45, 2.75) is 52.7 Å². The molecule has 0 spiro atoms. The van der Waals surface area contributed by atoms with Gasteiger partial charge in [0.1, 0.15) is 0 Å². The standard InChI is InChI=1S/C17H30N2O/c1-5-19(6-2)15-10-8-14(9-11-15)17(18)16(20)12-7-13(3)4/h8-11,13,16-17,20H,5-7,12,18H2,1-4H3/t16-,17+/m1/s1. The minimum Gasteiger partial charge on any atom is -0.391 e. The molecule has 0 aromatic heterocycles. The van der Waals surface area contributed by atoms with Crippen molar-refractivity contribution in [3.05, 3.63) is 29.8 Å². The quantitative estimate of drug-likeness (QED) is 0.767. The van der Waals surface area contributed by atoms with E-state index in [9.17, 15) is 5.11 Å². The van der Waals surface area contributed by atoms with Crippen molar-refractivity contribution in [3.63, 3.8) is 0 Å². The normalized spacial score (nSPS) is 14.3. The Morgan fingerprint density at radius 3 is 2.05 bits per heavy atom. The Bertz CT molecular complexity index is 371. The van der Waals surface area contributed by atoms with Gasteiger partial charge in [-0.3, -0.25) is 0 Å². The summed E-state index contributed by atoms with van der Waals surface area (Å²) in [5.41, 5.74) is 8.37. The van der Waals surface area contributed by atoms with E-state index in [-0.39, 0.29) is 6.04 Å². The average molecular weight is 278 g/mol. The first kappa shape index (κ1) is 17.0. The van der Waals surface area contributed by atoms with Gasteiger partial charge in [-0.1, -0.05) is 26.0 Å².